The van der Waals surface area contributed by atoms with E-state index in [0.717, 1.165) is 41.2 Å². The Morgan fingerprint density at radius 2 is 2.08 bits per heavy atom. The molecule has 0 radical (unpaired) electrons. The van der Waals surface area contributed by atoms with Crippen LogP contribution in [0.3, 0.4) is 0 Å². The molecule has 138 valence electrons. The summed E-state index contributed by atoms with van der Waals surface area (Å²) >= 11 is 5.20. The summed E-state index contributed by atoms with van der Waals surface area (Å²) in [6.45, 7) is 8.48. The van der Waals surface area contributed by atoms with Crippen LogP contribution in [0.15, 0.2) is 28.7 Å². The molecule has 0 aromatic carbocycles. The zero-order valence-corrected chi connectivity index (χ0v) is 17.7. The molecule has 3 heterocycles. The maximum atomic E-state index is 4.62. The Hall–Kier alpha value is -1.77. The third-order valence-electron chi connectivity index (χ3n) is 3.58. The number of nitrogens with one attached hydrogen (secondary N) is 2. The van der Waals surface area contributed by atoms with Crippen molar-refractivity contribution in [1.29, 1.82) is 0 Å². The van der Waals surface area contributed by atoms with E-state index in [9.17, 15) is 0 Å². The smallest absolute Gasteiger partial charge is 0.191 e. The van der Waals surface area contributed by atoms with Crippen LogP contribution in [0.2, 0.25) is 0 Å². The van der Waals surface area contributed by atoms with Gasteiger partial charge in [0.1, 0.15) is 5.01 Å². The molecule has 0 unspecified atom stereocenters. The van der Waals surface area contributed by atoms with Gasteiger partial charge in [0.15, 0.2) is 5.96 Å². The third-order valence-corrected chi connectivity index (χ3v) is 6.42. The molecular weight excluding hydrogens is 382 g/mol. The van der Waals surface area contributed by atoms with Crippen molar-refractivity contribution in [2.45, 2.75) is 33.7 Å². The summed E-state index contributed by atoms with van der Waals surface area (Å²) in [6, 6.07) is 4.36. The van der Waals surface area contributed by atoms with Gasteiger partial charge in [-0.3, -0.25) is 0 Å². The summed E-state index contributed by atoms with van der Waals surface area (Å²) in [7, 11) is 0. The molecule has 0 saturated carbocycles. The molecule has 8 heteroatoms. The molecule has 0 aliphatic rings. The first-order valence-corrected chi connectivity index (χ1v) is 11.1. The molecule has 2 N–H and O–H groups in total. The molecule has 0 aliphatic carbocycles. The van der Waals surface area contributed by atoms with Crippen LogP contribution in [-0.4, -0.2) is 29.0 Å². The van der Waals surface area contributed by atoms with E-state index in [1.165, 1.54) is 14.6 Å². The van der Waals surface area contributed by atoms with Crippen molar-refractivity contribution < 1.29 is 0 Å². The molecule has 0 fully saturated rings. The second-order valence-electron chi connectivity index (χ2n) is 5.75. The van der Waals surface area contributed by atoms with Gasteiger partial charge in [0.05, 0.1) is 22.1 Å². The lowest BCUT2D eigenvalue weighted by molar-refractivity contribution is 0.804. The van der Waals surface area contributed by atoms with E-state index >= 15 is 0 Å². The summed E-state index contributed by atoms with van der Waals surface area (Å²) in [6.07, 6.45) is 2.86. The minimum Gasteiger partial charge on any atom is -0.357 e. The molecule has 0 bridgehead atoms. The molecule has 3 aromatic rings. The molecule has 0 aliphatic heterocycles. The topological polar surface area (TPSA) is 62.2 Å². The third kappa shape index (κ3) is 5.36. The highest BCUT2D eigenvalue weighted by Crippen LogP contribution is 2.29. The number of thiophene rings is 1. The summed E-state index contributed by atoms with van der Waals surface area (Å²) in [5, 5.41) is 11.0. The zero-order valence-electron chi connectivity index (χ0n) is 15.2. The van der Waals surface area contributed by atoms with Crippen molar-refractivity contribution in [2.24, 2.45) is 4.99 Å². The van der Waals surface area contributed by atoms with Gasteiger partial charge >= 0.3 is 0 Å². The number of guanidine groups is 1. The Balaban J connectivity index is 1.52. The Bertz CT molecular complexity index is 862. The molecule has 26 heavy (non-hydrogen) atoms. The van der Waals surface area contributed by atoms with Crippen LogP contribution in [0.1, 0.15) is 26.7 Å². The Morgan fingerprint density at radius 1 is 1.19 bits per heavy atom. The summed E-state index contributed by atoms with van der Waals surface area (Å²) in [5.74, 6) is 0.840. The van der Waals surface area contributed by atoms with Crippen LogP contribution in [0.4, 0.5) is 0 Å². The minimum atomic E-state index is 0.611. The Morgan fingerprint density at radius 3 is 2.77 bits per heavy atom. The van der Waals surface area contributed by atoms with Gasteiger partial charge in [-0.1, -0.05) is 0 Å². The van der Waals surface area contributed by atoms with E-state index in [0.29, 0.717) is 6.54 Å². The molecule has 3 aromatic heterocycles. The predicted molar refractivity (Wildman–Crippen MR) is 114 cm³/mol. The molecule has 0 saturated heterocycles. The first-order valence-electron chi connectivity index (χ1n) is 8.58. The standard InChI is InChI=1S/C18H23N5S3/c1-4-19-18(22-10-17-21-9-12(2)25-17)20-8-7-14-5-6-16(26-14)15-11-24-13(3)23-15/h5-6,9,11H,4,7-8,10H2,1-3H3,(H2,19,20,22). The molecule has 3 rings (SSSR count). The van der Waals surface area contributed by atoms with E-state index in [1.54, 1.807) is 22.7 Å². The maximum Gasteiger partial charge on any atom is 0.191 e. The molecule has 0 spiro atoms. The van der Waals surface area contributed by atoms with Gasteiger partial charge in [-0.15, -0.1) is 34.0 Å². The van der Waals surface area contributed by atoms with Crippen LogP contribution in [0, 0.1) is 13.8 Å². The van der Waals surface area contributed by atoms with Crippen molar-refractivity contribution in [3.05, 3.63) is 43.5 Å². The van der Waals surface area contributed by atoms with Crippen LogP contribution < -0.4 is 10.6 Å². The number of hydrogen-bond acceptors (Lipinski definition) is 6. The average molecular weight is 406 g/mol. The second-order valence-corrected chi connectivity index (χ2v) is 9.30. The largest absolute Gasteiger partial charge is 0.357 e. The number of aromatic nitrogens is 2. The van der Waals surface area contributed by atoms with Gasteiger partial charge in [0.2, 0.25) is 0 Å². The first kappa shape index (κ1) is 19.0. The monoisotopic (exact) mass is 405 g/mol. The fraction of sp³-hybridized carbons (Fsp3) is 0.389. The molecule has 5 nitrogen and oxygen atoms in total. The van der Waals surface area contributed by atoms with Crippen molar-refractivity contribution in [2.75, 3.05) is 13.1 Å². The van der Waals surface area contributed by atoms with Crippen LogP contribution >= 0.6 is 34.0 Å². The van der Waals surface area contributed by atoms with E-state index in [4.69, 9.17) is 0 Å². The highest BCUT2D eigenvalue weighted by atomic mass is 32.1. The van der Waals surface area contributed by atoms with Crippen molar-refractivity contribution >= 4 is 40.0 Å². The van der Waals surface area contributed by atoms with Crippen molar-refractivity contribution in [3.63, 3.8) is 0 Å². The van der Waals surface area contributed by atoms with Crippen LogP contribution in [-0.2, 0) is 13.0 Å². The normalized spacial score (nSPS) is 11.7. The van der Waals surface area contributed by atoms with Crippen LogP contribution in [0.5, 0.6) is 0 Å². The summed E-state index contributed by atoms with van der Waals surface area (Å²) in [5.41, 5.74) is 1.09. The number of aliphatic imine (C=N–C) groups is 1. The maximum absolute atomic E-state index is 4.62. The van der Waals surface area contributed by atoms with Gasteiger partial charge in [-0.05, 0) is 39.3 Å². The Kier molecular flexibility index (Phi) is 6.76. The highest BCUT2D eigenvalue weighted by molar-refractivity contribution is 7.16. The quantitative estimate of drug-likeness (QED) is 0.456. The highest BCUT2D eigenvalue weighted by Gasteiger charge is 2.06. The van der Waals surface area contributed by atoms with E-state index < -0.39 is 0 Å². The van der Waals surface area contributed by atoms with Crippen molar-refractivity contribution in [1.82, 2.24) is 20.6 Å². The first-order chi connectivity index (χ1) is 12.6. The molecule has 0 atom stereocenters. The van der Waals surface area contributed by atoms with Gasteiger partial charge in [0, 0.05) is 34.4 Å². The summed E-state index contributed by atoms with van der Waals surface area (Å²) in [4.78, 5) is 17.4. The van der Waals surface area contributed by atoms with Gasteiger partial charge in [-0.25, -0.2) is 15.0 Å². The fourth-order valence-electron chi connectivity index (χ4n) is 2.39. The Labute approximate surface area is 166 Å². The number of thiazole rings is 2. The SMILES string of the molecule is CCNC(=NCc1ncc(C)s1)NCCc1ccc(-c2csc(C)n2)s1. The van der Waals surface area contributed by atoms with Gasteiger partial charge in [0.25, 0.3) is 0 Å². The lowest BCUT2D eigenvalue weighted by Gasteiger charge is -2.10. The van der Waals surface area contributed by atoms with E-state index in [2.05, 4.69) is 57.0 Å². The van der Waals surface area contributed by atoms with E-state index in [1.807, 2.05) is 24.5 Å². The minimum absolute atomic E-state index is 0.611. The second kappa shape index (κ2) is 9.25. The zero-order chi connectivity index (χ0) is 18.4. The van der Waals surface area contributed by atoms with E-state index in [-0.39, 0.29) is 0 Å². The van der Waals surface area contributed by atoms with Gasteiger partial charge in [-0.2, -0.15) is 0 Å². The number of hydrogen-bond donors (Lipinski definition) is 2. The summed E-state index contributed by atoms with van der Waals surface area (Å²) < 4.78 is 0. The number of nitrogens with zero attached hydrogens (tertiary/aromatic N) is 3. The van der Waals surface area contributed by atoms with Gasteiger partial charge < -0.3 is 10.6 Å². The average Bonchev–Trinajstić information content (AvgIpc) is 3.34. The number of rotatable bonds is 7. The van der Waals surface area contributed by atoms with Crippen LogP contribution in [0.25, 0.3) is 10.6 Å². The van der Waals surface area contributed by atoms with Crippen molar-refractivity contribution in [3.8, 4) is 10.6 Å². The molecular formula is C18H23N5S3. The lowest BCUT2D eigenvalue weighted by atomic mass is 10.3. The predicted octanol–water partition coefficient (Wildman–Crippen LogP) is 4.24. The lowest BCUT2D eigenvalue weighted by Crippen LogP contribution is -2.38. The number of aryl methyl sites for hydroxylation is 2. The fourth-order valence-corrected chi connectivity index (χ4v) is 4.76. The molecule has 0 amide bonds.